The van der Waals surface area contributed by atoms with Gasteiger partial charge < -0.3 is 5.73 Å². The van der Waals surface area contributed by atoms with Crippen molar-refractivity contribution in [1.82, 2.24) is 4.98 Å². The molecule has 0 amide bonds. The summed E-state index contributed by atoms with van der Waals surface area (Å²) < 4.78 is 39.4. The molecule has 18 heavy (non-hydrogen) atoms. The van der Waals surface area contributed by atoms with E-state index < -0.39 is 23.5 Å². The summed E-state index contributed by atoms with van der Waals surface area (Å²) in [5.74, 6) is -3.93. The summed E-state index contributed by atoms with van der Waals surface area (Å²) in [6, 6.07) is 4.78. The van der Waals surface area contributed by atoms with Gasteiger partial charge in [0.2, 0.25) is 0 Å². The van der Waals surface area contributed by atoms with Crippen molar-refractivity contribution in [1.29, 1.82) is 0 Å². The summed E-state index contributed by atoms with van der Waals surface area (Å²) in [6.45, 7) is 0. The summed E-state index contributed by atoms with van der Waals surface area (Å²) in [7, 11) is 0. The molecule has 2 N–H and O–H groups in total. The molecule has 2 aromatic rings. The first kappa shape index (κ1) is 12.6. The molecule has 2 rings (SSSR count). The lowest BCUT2D eigenvalue weighted by atomic mass is 9.99. The molecule has 0 fully saturated rings. The molecule has 2 nitrogen and oxygen atoms in total. The largest absolute Gasteiger partial charge is 0.324 e. The van der Waals surface area contributed by atoms with Crippen LogP contribution in [-0.4, -0.2) is 4.98 Å². The third kappa shape index (κ3) is 2.51. The van der Waals surface area contributed by atoms with E-state index in [9.17, 15) is 13.2 Å². The molecule has 0 saturated carbocycles. The fraction of sp³-hybridized carbons (Fsp3) is 0.154. The summed E-state index contributed by atoms with van der Waals surface area (Å²) in [4.78, 5) is 3.84. The molecule has 1 atom stereocenters. The smallest absolute Gasteiger partial charge is 0.194 e. The lowest BCUT2D eigenvalue weighted by Crippen LogP contribution is -2.16. The molecule has 0 aliphatic rings. The van der Waals surface area contributed by atoms with Gasteiger partial charge in [0.15, 0.2) is 17.5 Å². The number of benzene rings is 1. The highest BCUT2D eigenvalue weighted by atomic mass is 19.2. The molecule has 0 radical (unpaired) electrons. The monoisotopic (exact) mass is 252 g/mol. The van der Waals surface area contributed by atoms with Crippen LogP contribution >= 0.6 is 0 Å². The predicted octanol–water partition coefficient (Wildman–Crippen LogP) is 2.74. The number of nitrogens with two attached hydrogens (primary N) is 1. The topological polar surface area (TPSA) is 38.9 Å². The van der Waals surface area contributed by atoms with Gasteiger partial charge >= 0.3 is 0 Å². The van der Waals surface area contributed by atoms with Gasteiger partial charge in [-0.15, -0.1) is 0 Å². The molecule has 94 valence electrons. The van der Waals surface area contributed by atoms with Gasteiger partial charge in [0, 0.05) is 24.0 Å². The minimum Gasteiger partial charge on any atom is -0.324 e. The third-order valence-electron chi connectivity index (χ3n) is 2.67. The van der Waals surface area contributed by atoms with Crippen molar-refractivity contribution in [2.75, 3.05) is 0 Å². The Bertz CT molecular complexity index is 543. The fourth-order valence-electron chi connectivity index (χ4n) is 1.71. The maximum Gasteiger partial charge on any atom is 0.194 e. The lowest BCUT2D eigenvalue weighted by molar-refractivity contribution is 0.435. The number of pyridine rings is 1. The standard InChI is InChI=1S/C13H11F3N2/c14-10-2-1-9(12(15)13(10)16)11(17)7-8-3-5-18-6-4-8/h1-6,11H,7,17H2. The third-order valence-corrected chi connectivity index (χ3v) is 2.67. The number of rotatable bonds is 3. The van der Waals surface area contributed by atoms with E-state index in [0.29, 0.717) is 6.42 Å². The number of halogens is 3. The normalized spacial score (nSPS) is 12.4. The zero-order chi connectivity index (χ0) is 13.1. The van der Waals surface area contributed by atoms with Crippen LogP contribution in [0.3, 0.4) is 0 Å². The number of aromatic nitrogens is 1. The minimum atomic E-state index is -1.49. The van der Waals surface area contributed by atoms with E-state index in [4.69, 9.17) is 5.73 Å². The molecule has 5 heteroatoms. The molecule has 1 unspecified atom stereocenters. The van der Waals surface area contributed by atoms with Crippen LogP contribution < -0.4 is 5.73 Å². The summed E-state index contributed by atoms with van der Waals surface area (Å²) in [5, 5.41) is 0. The Labute approximate surface area is 102 Å². The molecule has 0 spiro atoms. The maximum atomic E-state index is 13.5. The molecule has 0 saturated heterocycles. The Morgan fingerprint density at radius 1 is 1.00 bits per heavy atom. The molecular weight excluding hydrogens is 241 g/mol. The zero-order valence-corrected chi connectivity index (χ0v) is 9.41. The van der Waals surface area contributed by atoms with Crippen molar-refractivity contribution in [2.24, 2.45) is 5.73 Å². The molecular formula is C13H11F3N2. The van der Waals surface area contributed by atoms with Crippen LogP contribution in [-0.2, 0) is 6.42 Å². The number of hydrogen-bond donors (Lipinski definition) is 1. The van der Waals surface area contributed by atoms with Crippen LogP contribution in [0, 0.1) is 17.5 Å². The second kappa shape index (κ2) is 5.18. The van der Waals surface area contributed by atoms with Crippen LogP contribution in [0.4, 0.5) is 13.2 Å². The Hall–Kier alpha value is -1.88. The molecule has 0 aliphatic heterocycles. The van der Waals surface area contributed by atoms with E-state index in [1.807, 2.05) is 0 Å². The van der Waals surface area contributed by atoms with Gasteiger partial charge in [-0.3, -0.25) is 4.98 Å². The highest BCUT2D eigenvalue weighted by Gasteiger charge is 2.18. The van der Waals surface area contributed by atoms with Crippen LogP contribution in [0.1, 0.15) is 17.2 Å². The molecule has 0 bridgehead atoms. The fourth-order valence-corrected chi connectivity index (χ4v) is 1.71. The van der Waals surface area contributed by atoms with E-state index in [-0.39, 0.29) is 5.56 Å². The number of hydrogen-bond acceptors (Lipinski definition) is 2. The number of nitrogens with zero attached hydrogens (tertiary/aromatic N) is 1. The van der Waals surface area contributed by atoms with Gasteiger partial charge in [0.25, 0.3) is 0 Å². The van der Waals surface area contributed by atoms with Gasteiger partial charge in [0.1, 0.15) is 0 Å². The SMILES string of the molecule is NC(Cc1ccncc1)c1ccc(F)c(F)c1F. The van der Waals surface area contributed by atoms with Gasteiger partial charge in [-0.1, -0.05) is 6.07 Å². The lowest BCUT2D eigenvalue weighted by Gasteiger charge is -2.13. The van der Waals surface area contributed by atoms with Crippen molar-refractivity contribution in [3.8, 4) is 0 Å². The quantitative estimate of drug-likeness (QED) is 0.853. The van der Waals surface area contributed by atoms with E-state index >= 15 is 0 Å². The van der Waals surface area contributed by atoms with Crippen LogP contribution in [0.25, 0.3) is 0 Å². The van der Waals surface area contributed by atoms with Crippen molar-refractivity contribution >= 4 is 0 Å². The highest BCUT2D eigenvalue weighted by molar-refractivity contribution is 5.25. The van der Waals surface area contributed by atoms with Gasteiger partial charge in [-0.05, 0) is 30.2 Å². The van der Waals surface area contributed by atoms with Crippen LogP contribution in [0.2, 0.25) is 0 Å². The van der Waals surface area contributed by atoms with E-state index in [1.54, 1.807) is 24.5 Å². The first-order valence-electron chi connectivity index (χ1n) is 5.37. The Morgan fingerprint density at radius 3 is 2.33 bits per heavy atom. The average Bonchev–Trinajstić information content (AvgIpc) is 2.37. The Kier molecular flexibility index (Phi) is 3.62. The molecule has 1 heterocycles. The highest BCUT2D eigenvalue weighted by Crippen LogP contribution is 2.22. The van der Waals surface area contributed by atoms with E-state index in [2.05, 4.69) is 4.98 Å². The minimum absolute atomic E-state index is 0.0364. The Morgan fingerprint density at radius 2 is 1.67 bits per heavy atom. The molecule has 1 aromatic heterocycles. The zero-order valence-electron chi connectivity index (χ0n) is 9.41. The predicted molar refractivity (Wildman–Crippen MR) is 61.2 cm³/mol. The molecule has 1 aromatic carbocycles. The van der Waals surface area contributed by atoms with Crippen LogP contribution in [0.5, 0.6) is 0 Å². The van der Waals surface area contributed by atoms with Crippen molar-refractivity contribution < 1.29 is 13.2 Å². The summed E-state index contributed by atoms with van der Waals surface area (Å²) >= 11 is 0. The van der Waals surface area contributed by atoms with Crippen molar-refractivity contribution in [3.63, 3.8) is 0 Å². The second-order valence-corrected chi connectivity index (χ2v) is 3.93. The van der Waals surface area contributed by atoms with Gasteiger partial charge in [-0.2, -0.15) is 0 Å². The van der Waals surface area contributed by atoms with Gasteiger partial charge in [-0.25, -0.2) is 13.2 Å². The maximum absolute atomic E-state index is 13.5. The average molecular weight is 252 g/mol. The van der Waals surface area contributed by atoms with Crippen molar-refractivity contribution in [3.05, 3.63) is 65.2 Å². The van der Waals surface area contributed by atoms with Crippen LogP contribution in [0.15, 0.2) is 36.7 Å². The first-order chi connectivity index (χ1) is 8.59. The summed E-state index contributed by atoms with van der Waals surface area (Å²) in [6.07, 6.45) is 3.50. The second-order valence-electron chi connectivity index (χ2n) is 3.93. The van der Waals surface area contributed by atoms with E-state index in [0.717, 1.165) is 11.6 Å². The first-order valence-corrected chi connectivity index (χ1v) is 5.37. The van der Waals surface area contributed by atoms with Gasteiger partial charge in [0.05, 0.1) is 0 Å². The summed E-state index contributed by atoms with van der Waals surface area (Å²) in [5.41, 5.74) is 6.61. The van der Waals surface area contributed by atoms with E-state index in [1.165, 1.54) is 6.07 Å². The Balaban J connectivity index is 2.24. The van der Waals surface area contributed by atoms with Crippen molar-refractivity contribution in [2.45, 2.75) is 12.5 Å². The molecule has 0 aliphatic carbocycles.